The van der Waals surface area contributed by atoms with Gasteiger partial charge in [0, 0.05) is 45.2 Å². The molecule has 1 N–H and O–H groups in total. The minimum absolute atomic E-state index is 0.0589. The highest BCUT2D eigenvalue weighted by atomic mass is 32.2. The van der Waals surface area contributed by atoms with Crippen LogP contribution in [0.4, 0.5) is 0 Å². The van der Waals surface area contributed by atoms with Crippen LogP contribution >= 0.6 is 11.8 Å². The molecule has 1 spiro atoms. The van der Waals surface area contributed by atoms with Crippen LogP contribution in [-0.2, 0) is 33.3 Å². The van der Waals surface area contributed by atoms with E-state index in [1.165, 1.54) is 13.0 Å². The van der Waals surface area contributed by atoms with Crippen LogP contribution in [0, 0.1) is 5.92 Å². The summed E-state index contributed by atoms with van der Waals surface area (Å²) >= 11 is 1.74. The maximum absolute atomic E-state index is 12.7. The number of nitrogens with zero attached hydrogens (tertiary/aromatic N) is 1. The lowest BCUT2D eigenvalue weighted by atomic mass is 9.88. The van der Waals surface area contributed by atoms with Crippen LogP contribution in [0.3, 0.4) is 0 Å². The molecule has 1 unspecified atom stereocenters. The SMILES string of the molecule is CSCCN(C)C(=O)C[C@@H]1C[C@@]2(CO2)C[C@@H](/C=C/C(C)=C/C[C@@H]2O[C@H](C)[C@H](NC(=O)/C=C\C(C)OC(C)=O)C[C@@H]2C)O1. The number of thioether (sulfide) groups is 1. The van der Waals surface area contributed by atoms with Gasteiger partial charge in [0.2, 0.25) is 11.8 Å². The molecular formula is C32H50N2O7S. The quantitative estimate of drug-likeness (QED) is 0.144. The first-order valence-electron chi connectivity index (χ1n) is 15.1. The normalized spacial score (nSPS) is 32.2. The molecule has 0 aromatic heterocycles. The number of nitrogens with one attached hydrogen (secondary N) is 1. The summed E-state index contributed by atoms with van der Waals surface area (Å²) < 4.78 is 23.5. The molecule has 3 fully saturated rings. The molecule has 3 aliphatic heterocycles. The highest BCUT2D eigenvalue weighted by Gasteiger charge is 2.51. The number of rotatable bonds is 13. The van der Waals surface area contributed by atoms with Gasteiger partial charge in [-0.25, -0.2) is 0 Å². The van der Waals surface area contributed by atoms with Crippen molar-refractivity contribution in [2.45, 2.75) is 109 Å². The molecule has 0 aromatic carbocycles. The zero-order valence-corrected chi connectivity index (χ0v) is 27.1. The molecule has 3 rings (SSSR count). The summed E-state index contributed by atoms with van der Waals surface area (Å²) in [7, 11) is 1.86. The molecule has 2 amide bonds. The monoisotopic (exact) mass is 606 g/mol. The molecule has 3 heterocycles. The van der Waals surface area contributed by atoms with Gasteiger partial charge in [-0.3, -0.25) is 14.4 Å². The van der Waals surface area contributed by atoms with Crippen LogP contribution < -0.4 is 5.32 Å². The zero-order chi connectivity index (χ0) is 30.9. The van der Waals surface area contributed by atoms with Gasteiger partial charge >= 0.3 is 5.97 Å². The van der Waals surface area contributed by atoms with Crippen molar-refractivity contribution in [2.75, 3.05) is 32.2 Å². The van der Waals surface area contributed by atoms with E-state index in [0.717, 1.165) is 50.2 Å². The number of carbonyl (C=O) groups excluding carboxylic acids is 3. The molecular weight excluding hydrogens is 556 g/mol. The largest absolute Gasteiger partial charge is 0.459 e. The van der Waals surface area contributed by atoms with E-state index in [4.69, 9.17) is 18.9 Å². The van der Waals surface area contributed by atoms with Crippen molar-refractivity contribution < 1.29 is 33.3 Å². The fraction of sp³-hybridized carbons (Fsp3) is 0.719. The van der Waals surface area contributed by atoms with Gasteiger partial charge in [0.25, 0.3) is 0 Å². The third-order valence-corrected chi connectivity index (χ3v) is 8.80. The molecule has 42 heavy (non-hydrogen) atoms. The summed E-state index contributed by atoms with van der Waals surface area (Å²) in [5.41, 5.74) is 0.989. The van der Waals surface area contributed by atoms with Crippen molar-refractivity contribution in [1.29, 1.82) is 0 Å². The Bertz CT molecular complexity index is 1020. The van der Waals surface area contributed by atoms with Gasteiger partial charge in [0.1, 0.15) is 6.10 Å². The molecule has 0 saturated carbocycles. The molecule has 3 aliphatic rings. The molecule has 0 aliphatic carbocycles. The van der Waals surface area contributed by atoms with E-state index in [1.807, 2.05) is 20.2 Å². The number of esters is 1. The number of hydrogen-bond acceptors (Lipinski definition) is 8. The van der Waals surface area contributed by atoms with Crippen molar-refractivity contribution in [3.05, 3.63) is 36.0 Å². The second kappa shape index (κ2) is 16.1. The fourth-order valence-corrected chi connectivity index (χ4v) is 6.04. The summed E-state index contributed by atoms with van der Waals surface area (Å²) in [6.45, 7) is 10.8. The number of epoxide rings is 1. The highest BCUT2D eigenvalue weighted by Crippen LogP contribution is 2.43. The van der Waals surface area contributed by atoms with E-state index in [0.29, 0.717) is 6.42 Å². The van der Waals surface area contributed by atoms with Crippen LogP contribution in [0.25, 0.3) is 0 Å². The maximum Gasteiger partial charge on any atom is 0.303 e. The second-order valence-corrected chi connectivity index (χ2v) is 13.1. The third kappa shape index (κ3) is 11.2. The van der Waals surface area contributed by atoms with Crippen molar-refractivity contribution in [3.63, 3.8) is 0 Å². The Morgan fingerprint density at radius 2 is 1.90 bits per heavy atom. The van der Waals surface area contributed by atoms with Crippen LogP contribution in [0.5, 0.6) is 0 Å². The summed E-state index contributed by atoms with van der Waals surface area (Å²) in [6.07, 6.45) is 14.2. The number of carbonyl (C=O) groups is 3. The molecule has 0 bridgehead atoms. The minimum Gasteiger partial charge on any atom is -0.459 e. The predicted molar refractivity (Wildman–Crippen MR) is 165 cm³/mol. The van der Waals surface area contributed by atoms with Gasteiger partial charge in [-0.15, -0.1) is 0 Å². The fourth-order valence-electron chi connectivity index (χ4n) is 5.58. The maximum atomic E-state index is 12.7. The van der Waals surface area contributed by atoms with Crippen LogP contribution in [-0.4, -0.2) is 97.1 Å². The van der Waals surface area contributed by atoms with E-state index in [-0.39, 0.29) is 59.8 Å². The Labute approximate surface area is 255 Å². The average Bonchev–Trinajstić information content (AvgIpc) is 3.67. The van der Waals surface area contributed by atoms with E-state index in [2.05, 4.69) is 37.4 Å². The molecule has 3 saturated heterocycles. The molecule has 0 aromatic rings. The van der Waals surface area contributed by atoms with Crippen LogP contribution in [0.2, 0.25) is 0 Å². The Morgan fingerprint density at radius 1 is 1.17 bits per heavy atom. The predicted octanol–water partition coefficient (Wildman–Crippen LogP) is 4.21. The summed E-state index contributed by atoms with van der Waals surface area (Å²) in [5.74, 6) is 0.708. The smallest absolute Gasteiger partial charge is 0.303 e. The number of ether oxygens (including phenoxy) is 4. The first-order valence-corrected chi connectivity index (χ1v) is 16.5. The molecule has 9 nitrogen and oxygen atoms in total. The topological polar surface area (TPSA) is 107 Å². The van der Waals surface area contributed by atoms with Crippen molar-refractivity contribution in [1.82, 2.24) is 10.2 Å². The molecule has 8 atom stereocenters. The molecule has 236 valence electrons. The van der Waals surface area contributed by atoms with Gasteiger partial charge in [-0.1, -0.05) is 30.7 Å². The van der Waals surface area contributed by atoms with E-state index in [1.54, 1.807) is 29.7 Å². The van der Waals surface area contributed by atoms with Crippen molar-refractivity contribution in [3.8, 4) is 0 Å². The Hall–Kier alpha value is -2.14. The second-order valence-electron chi connectivity index (χ2n) is 12.1. The van der Waals surface area contributed by atoms with Gasteiger partial charge in [-0.05, 0) is 51.9 Å². The zero-order valence-electron chi connectivity index (χ0n) is 26.3. The number of hydrogen-bond donors (Lipinski definition) is 1. The van der Waals surface area contributed by atoms with E-state index >= 15 is 0 Å². The van der Waals surface area contributed by atoms with E-state index in [9.17, 15) is 14.4 Å². The Morgan fingerprint density at radius 3 is 2.57 bits per heavy atom. The molecule has 0 radical (unpaired) electrons. The average molecular weight is 607 g/mol. The lowest BCUT2D eigenvalue weighted by Crippen LogP contribution is -2.50. The Balaban J connectivity index is 1.47. The summed E-state index contributed by atoms with van der Waals surface area (Å²) in [6, 6.07) is -0.0898. The first-order chi connectivity index (χ1) is 19.9. The van der Waals surface area contributed by atoms with Gasteiger partial charge in [0.15, 0.2) is 0 Å². The summed E-state index contributed by atoms with van der Waals surface area (Å²) in [4.78, 5) is 37.9. The minimum atomic E-state index is -0.458. The highest BCUT2D eigenvalue weighted by molar-refractivity contribution is 7.98. The van der Waals surface area contributed by atoms with Gasteiger partial charge in [0.05, 0.1) is 49.1 Å². The van der Waals surface area contributed by atoms with Gasteiger partial charge < -0.3 is 29.2 Å². The van der Waals surface area contributed by atoms with Crippen LogP contribution in [0.15, 0.2) is 36.0 Å². The van der Waals surface area contributed by atoms with Crippen molar-refractivity contribution >= 4 is 29.5 Å². The number of amides is 2. The standard InChI is InChI=1S/C32H50N2O7S/c1-21(8-11-26-18-32(20-38-32)19-27(41-26)17-31(37)34(6)14-15-42-7)9-12-29-22(2)16-28(24(4)40-29)33-30(36)13-10-23(3)39-25(5)35/h8-11,13,22-24,26-29H,12,14-20H2,1-7H3,(H,33,36)/b11-8+,13-10-,21-9+/t22-,23?,24+,26+,27+,28+,29-,32+/m0/s1. The lowest BCUT2D eigenvalue weighted by Gasteiger charge is -2.39. The van der Waals surface area contributed by atoms with E-state index < -0.39 is 6.10 Å². The van der Waals surface area contributed by atoms with Crippen molar-refractivity contribution in [2.24, 2.45) is 5.92 Å². The summed E-state index contributed by atoms with van der Waals surface area (Å²) in [5, 5.41) is 3.03. The third-order valence-electron chi connectivity index (χ3n) is 8.21. The molecule has 10 heteroatoms. The number of allylic oxidation sites excluding steroid dienone is 2. The Kier molecular flexibility index (Phi) is 13.1. The lowest BCUT2D eigenvalue weighted by molar-refractivity contribution is -0.143. The van der Waals surface area contributed by atoms with Gasteiger partial charge in [-0.2, -0.15) is 11.8 Å². The first kappa shape index (κ1) is 34.4. The van der Waals surface area contributed by atoms with Crippen LogP contribution in [0.1, 0.15) is 66.7 Å².